The van der Waals surface area contributed by atoms with Crippen LogP contribution in [0.25, 0.3) is 0 Å². The van der Waals surface area contributed by atoms with Crippen molar-refractivity contribution in [1.82, 2.24) is 10.3 Å². The molecule has 19 heavy (non-hydrogen) atoms. The van der Waals surface area contributed by atoms with E-state index in [2.05, 4.69) is 55.3 Å². The molecule has 2 rings (SSSR count). The van der Waals surface area contributed by atoms with E-state index in [-0.39, 0.29) is 11.5 Å². The molecule has 1 N–H and O–H groups in total. The number of hydrogen-bond acceptors (Lipinski definition) is 3. The Labute approximate surface area is 119 Å². The van der Waals surface area contributed by atoms with E-state index >= 15 is 0 Å². The predicted molar refractivity (Wildman–Crippen MR) is 82.9 cm³/mol. The van der Waals surface area contributed by atoms with Crippen molar-refractivity contribution >= 4 is 11.3 Å². The molecule has 1 atom stereocenters. The molecular formula is C16H22N2S. The van der Waals surface area contributed by atoms with Gasteiger partial charge in [0.2, 0.25) is 0 Å². The lowest BCUT2D eigenvalue weighted by atomic mass is 9.86. The lowest BCUT2D eigenvalue weighted by Crippen LogP contribution is -2.17. The number of benzene rings is 1. The maximum atomic E-state index is 4.35. The van der Waals surface area contributed by atoms with Crippen LogP contribution < -0.4 is 5.32 Å². The molecule has 0 bridgehead atoms. The van der Waals surface area contributed by atoms with Crippen molar-refractivity contribution in [2.75, 3.05) is 7.05 Å². The molecule has 1 aromatic heterocycles. The maximum absolute atomic E-state index is 4.35. The molecule has 0 aliphatic rings. The highest BCUT2D eigenvalue weighted by molar-refractivity contribution is 7.11. The van der Waals surface area contributed by atoms with Gasteiger partial charge in [-0.3, -0.25) is 0 Å². The van der Waals surface area contributed by atoms with E-state index in [1.807, 2.05) is 20.2 Å². The van der Waals surface area contributed by atoms with Gasteiger partial charge in [-0.1, -0.05) is 45.0 Å². The topological polar surface area (TPSA) is 24.9 Å². The lowest BCUT2D eigenvalue weighted by Gasteiger charge is -2.21. The Morgan fingerprint density at radius 2 is 1.79 bits per heavy atom. The summed E-state index contributed by atoms with van der Waals surface area (Å²) in [6.45, 7) is 8.77. The molecule has 0 amide bonds. The normalized spacial score (nSPS) is 13.5. The van der Waals surface area contributed by atoms with E-state index in [9.17, 15) is 0 Å². The van der Waals surface area contributed by atoms with Crippen molar-refractivity contribution in [1.29, 1.82) is 0 Å². The zero-order chi connectivity index (χ0) is 14.0. The van der Waals surface area contributed by atoms with Crippen molar-refractivity contribution in [3.63, 3.8) is 0 Å². The highest BCUT2D eigenvalue weighted by Crippen LogP contribution is 2.29. The molecule has 2 nitrogen and oxygen atoms in total. The molecule has 2 aromatic rings. The average molecular weight is 274 g/mol. The molecule has 0 fully saturated rings. The Morgan fingerprint density at radius 3 is 2.21 bits per heavy atom. The molecule has 0 radical (unpaired) electrons. The van der Waals surface area contributed by atoms with Crippen LogP contribution in [0.2, 0.25) is 0 Å². The second-order valence-corrected chi connectivity index (χ2v) is 7.14. The predicted octanol–water partition coefficient (Wildman–Crippen LogP) is 4.06. The highest BCUT2D eigenvalue weighted by Gasteiger charge is 2.17. The SMILES string of the molecule is CNC(c1ccc(C(C)(C)C)cc1)c1cnc(C)s1. The Bertz CT molecular complexity index is 535. The molecular weight excluding hydrogens is 252 g/mol. The summed E-state index contributed by atoms with van der Waals surface area (Å²) in [5, 5.41) is 4.49. The number of nitrogens with zero attached hydrogens (tertiary/aromatic N) is 1. The summed E-state index contributed by atoms with van der Waals surface area (Å²) >= 11 is 1.75. The summed E-state index contributed by atoms with van der Waals surface area (Å²) in [6, 6.07) is 9.13. The van der Waals surface area contributed by atoms with Crippen LogP contribution >= 0.6 is 11.3 Å². The lowest BCUT2D eigenvalue weighted by molar-refractivity contribution is 0.589. The molecule has 1 unspecified atom stereocenters. The number of nitrogens with one attached hydrogen (secondary N) is 1. The first-order chi connectivity index (χ1) is 8.91. The number of aromatic nitrogens is 1. The Morgan fingerprint density at radius 1 is 1.16 bits per heavy atom. The fraction of sp³-hybridized carbons (Fsp3) is 0.438. The zero-order valence-corrected chi connectivity index (χ0v) is 13.1. The summed E-state index contributed by atoms with van der Waals surface area (Å²) < 4.78 is 0. The van der Waals surface area contributed by atoms with Gasteiger partial charge in [0, 0.05) is 11.1 Å². The molecule has 1 aromatic carbocycles. The quantitative estimate of drug-likeness (QED) is 0.913. The summed E-state index contributed by atoms with van der Waals surface area (Å²) in [6.07, 6.45) is 1.97. The van der Waals surface area contributed by atoms with Gasteiger partial charge in [0.15, 0.2) is 0 Å². The van der Waals surface area contributed by atoms with Gasteiger partial charge >= 0.3 is 0 Å². The molecule has 1 heterocycles. The fourth-order valence-corrected chi connectivity index (χ4v) is 3.08. The van der Waals surface area contributed by atoms with Crippen LogP contribution in [0.3, 0.4) is 0 Å². The molecule has 0 aliphatic carbocycles. The van der Waals surface area contributed by atoms with Gasteiger partial charge in [0.05, 0.1) is 11.0 Å². The van der Waals surface area contributed by atoms with Crippen molar-refractivity contribution < 1.29 is 0 Å². The zero-order valence-electron chi connectivity index (χ0n) is 12.3. The van der Waals surface area contributed by atoms with Crippen molar-refractivity contribution in [2.45, 2.75) is 39.2 Å². The minimum atomic E-state index is 0.203. The number of rotatable bonds is 3. The monoisotopic (exact) mass is 274 g/mol. The average Bonchev–Trinajstić information content (AvgIpc) is 2.76. The molecule has 0 aliphatic heterocycles. The molecule has 3 heteroatoms. The number of thiazole rings is 1. The van der Waals surface area contributed by atoms with E-state index in [1.165, 1.54) is 16.0 Å². The van der Waals surface area contributed by atoms with Gasteiger partial charge in [-0.25, -0.2) is 4.98 Å². The van der Waals surface area contributed by atoms with E-state index < -0.39 is 0 Å². The Kier molecular flexibility index (Phi) is 4.07. The smallest absolute Gasteiger partial charge is 0.0897 e. The van der Waals surface area contributed by atoms with Gasteiger partial charge in [-0.15, -0.1) is 11.3 Å². The Hall–Kier alpha value is -1.19. The van der Waals surface area contributed by atoms with Crippen LogP contribution in [0.15, 0.2) is 30.5 Å². The largest absolute Gasteiger partial charge is 0.309 e. The van der Waals surface area contributed by atoms with Crippen LogP contribution in [-0.2, 0) is 5.41 Å². The van der Waals surface area contributed by atoms with E-state index in [0.717, 1.165) is 5.01 Å². The summed E-state index contributed by atoms with van der Waals surface area (Å²) in [4.78, 5) is 5.61. The molecule has 0 saturated carbocycles. The minimum absolute atomic E-state index is 0.203. The highest BCUT2D eigenvalue weighted by atomic mass is 32.1. The van der Waals surface area contributed by atoms with Crippen LogP contribution in [0, 0.1) is 6.92 Å². The van der Waals surface area contributed by atoms with Gasteiger partial charge in [-0.2, -0.15) is 0 Å². The van der Waals surface area contributed by atoms with Gasteiger partial charge in [0.25, 0.3) is 0 Å². The van der Waals surface area contributed by atoms with E-state index in [0.29, 0.717) is 0 Å². The van der Waals surface area contributed by atoms with Crippen molar-refractivity contribution in [2.24, 2.45) is 0 Å². The van der Waals surface area contributed by atoms with Crippen molar-refractivity contribution in [3.8, 4) is 0 Å². The second-order valence-electron chi connectivity index (χ2n) is 5.88. The first-order valence-corrected chi connectivity index (χ1v) is 7.43. The summed E-state index contributed by atoms with van der Waals surface area (Å²) in [5.41, 5.74) is 2.86. The van der Waals surface area contributed by atoms with Crippen molar-refractivity contribution in [3.05, 3.63) is 51.5 Å². The molecule has 0 saturated heterocycles. The number of aryl methyl sites for hydroxylation is 1. The molecule has 102 valence electrons. The number of hydrogen-bond donors (Lipinski definition) is 1. The second kappa shape index (κ2) is 5.43. The van der Waals surface area contributed by atoms with Crippen LogP contribution in [0.4, 0.5) is 0 Å². The van der Waals surface area contributed by atoms with Gasteiger partial charge in [0.1, 0.15) is 0 Å². The van der Waals surface area contributed by atoms with Crippen LogP contribution in [0.1, 0.15) is 47.8 Å². The minimum Gasteiger partial charge on any atom is -0.309 e. The van der Waals surface area contributed by atoms with E-state index in [4.69, 9.17) is 0 Å². The standard InChI is InChI=1S/C16H22N2S/c1-11-18-10-14(19-11)15(17-5)12-6-8-13(9-7-12)16(2,3)4/h6-10,15,17H,1-5H3. The summed E-state index contributed by atoms with van der Waals surface area (Å²) in [7, 11) is 2.00. The fourth-order valence-electron chi connectivity index (χ4n) is 2.16. The third-order valence-electron chi connectivity index (χ3n) is 3.32. The first-order valence-electron chi connectivity index (χ1n) is 6.62. The molecule has 0 spiro atoms. The third kappa shape index (κ3) is 3.23. The van der Waals surface area contributed by atoms with Crippen LogP contribution in [0.5, 0.6) is 0 Å². The summed E-state index contributed by atoms with van der Waals surface area (Å²) in [5.74, 6) is 0. The first kappa shape index (κ1) is 14.2. The Balaban J connectivity index is 2.30. The van der Waals surface area contributed by atoms with Gasteiger partial charge < -0.3 is 5.32 Å². The van der Waals surface area contributed by atoms with Crippen LogP contribution in [-0.4, -0.2) is 12.0 Å². The van der Waals surface area contributed by atoms with E-state index in [1.54, 1.807) is 11.3 Å². The third-order valence-corrected chi connectivity index (χ3v) is 4.30. The maximum Gasteiger partial charge on any atom is 0.0897 e. The van der Waals surface area contributed by atoms with Gasteiger partial charge in [-0.05, 0) is 30.5 Å².